The van der Waals surface area contributed by atoms with Gasteiger partial charge in [-0.1, -0.05) is 6.92 Å². The van der Waals surface area contributed by atoms with E-state index in [1.807, 2.05) is 27.7 Å². The summed E-state index contributed by atoms with van der Waals surface area (Å²) in [6, 6.07) is 4.91. The van der Waals surface area contributed by atoms with E-state index >= 15 is 0 Å². The Morgan fingerprint density at radius 2 is 1.90 bits per heavy atom. The molecule has 9 heteroatoms. The number of hydrogen-bond donors (Lipinski definition) is 1. The van der Waals surface area contributed by atoms with Crippen LogP contribution in [0.25, 0.3) is 0 Å². The molecule has 0 saturated carbocycles. The third-order valence-electron chi connectivity index (χ3n) is 4.92. The Balaban J connectivity index is 1.99. The highest BCUT2D eigenvalue weighted by atomic mass is 32.2. The molecule has 1 fully saturated rings. The Labute approximate surface area is 177 Å². The van der Waals surface area contributed by atoms with E-state index in [4.69, 9.17) is 0 Å². The number of anilines is 1. The lowest BCUT2D eigenvalue weighted by Gasteiger charge is -2.27. The van der Waals surface area contributed by atoms with Crippen LogP contribution in [0.1, 0.15) is 40.5 Å². The maximum Gasteiger partial charge on any atom is 0.243 e. The Kier molecular flexibility index (Phi) is 6.31. The van der Waals surface area contributed by atoms with E-state index in [0.29, 0.717) is 24.5 Å². The molecular weight excluding hydrogens is 410 g/mol. The molecule has 0 aliphatic carbocycles. The molecule has 7 nitrogen and oxygen atoms in total. The number of rotatable bonds is 4. The summed E-state index contributed by atoms with van der Waals surface area (Å²) in [7, 11) is -3.61. The Bertz CT molecular complexity index is 903. The van der Waals surface area contributed by atoms with E-state index in [2.05, 4.69) is 5.32 Å². The number of nitrogens with zero attached hydrogens (tertiary/aromatic N) is 2. The number of carbonyl (C=O) groups excluding carboxylic acids is 2. The summed E-state index contributed by atoms with van der Waals surface area (Å²) < 4.78 is 27.5. The van der Waals surface area contributed by atoms with E-state index in [0.717, 1.165) is 17.7 Å². The number of sulfonamides is 1. The van der Waals surface area contributed by atoms with Crippen molar-refractivity contribution in [3.05, 3.63) is 18.2 Å². The van der Waals surface area contributed by atoms with E-state index < -0.39 is 15.6 Å². The molecule has 160 valence electrons. The first kappa shape index (κ1) is 22.1. The molecule has 2 aliphatic rings. The van der Waals surface area contributed by atoms with Gasteiger partial charge in [0.2, 0.25) is 21.8 Å². The number of benzene rings is 1. The summed E-state index contributed by atoms with van der Waals surface area (Å²) in [5, 5.41) is 2.88. The quantitative estimate of drug-likeness (QED) is 0.779. The fourth-order valence-electron chi connectivity index (χ4n) is 3.50. The van der Waals surface area contributed by atoms with Gasteiger partial charge in [0.15, 0.2) is 0 Å². The molecule has 1 N–H and O–H groups in total. The second-order valence-electron chi connectivity index (χ2n) is 8.68. The van der Waals surface area contributed by atoms with Crippen molar-refractivity contribution in [1.29, 1.82) is 0 Å². The zero-order valence-corrected chi connectivity index (χ0v) is 19.0. The SMILES string of the molecule is CC1CSc2ccc(S(=O)(=O)N3CCCC3)cc2N(CC(=O)NC(C)(C)C)C1=O. The lowest BCUT2D eigenvalue weighted by molar-refractivity contribution is -0.126. The molecule has 1 aromatic rings. The van der Waals surface area contributed by atoms with Crippen LogP contribution in [-0.2, 0) is 19.6 Å². The van der Waals surface area contributed by atoms with Gasteiger partial charge in [0.1, 0.15) is 6.54 Å². The highest BCUT2D eigenvalue weighted by Gasteiger charge is 2.33. The third-order valence-corrected chi connectivity index (χ3v) is 8.13. The number of nitrogens with one attached hydrogen (secondary N) is 1. The predicted molar refractivity (Wildman–Crippen MR) is 115 cm³/mol. The maximum absolute atomic E-state index is 13.0. The largest absolute Gasteiger partial charge is 0.350 e. The van der Waals surface area contributed by atoms with Crippen LogP contribution in [0.3, 0.4) is 0 Å². The van der Waals surface area contributed by atoms with Crippen LogP contribution >= 0.6 is 11.8 Å². The van der Waals surface area contributed by atoms with Crippen LogP contribution < -0.4 is 10.2 Å². The van der Waals surface area contributed by atoms with Crippen LogP contribution in [-0.4, -0.2) is 55.5 Å². The van der Waals surface area contributed by atoms with E-state index in [1.54, 1.807) is 18.2 Å². The summed E-state index contributed by atoms with van der Waals surface area (Å²) in [5.74, 6) is -0.130. The molecule has 1 atom stereocenters. The number of amides is 2. The maximum atomic E-state index is 13.0. The van der Waals surface area contributed by atoms with Gasteiger partial charge in [-0.25, -0.2) is 8.42 Å². The van der Waals surface area contributed by atoms with E-state index in [-0.39, 0.29) is 29.2 Å². The van der Waals surface area contributed by atoms with Crippen LogP contribution in [0.15, 0.2) is 28.0 Å². The van der Waals surface area contributed by atoms with Crippen molar-refractivity contribution in [2.45, 2.75) is 55.9 Å². The van der Waals surface area contributed by atoms with Gasteiger partial charge in [-0.2, -0.15) is 4.31 Å². The zero-order chi connectivity index (χ0) is 21.4. The first-order valence-electron chi connectivity index (χ1n) is 9.88. The van der Waals surface area contributed by atoms with E-state index in [9.17, 15) is 18.0 Å². The minimum absolute atomic E-state index is 0.138. The van der Waals surface area contributed by atoms with Crippen molar-refractivity contribution in [3.8, 4) is 0 Å². The minimum Gasteiger partial charge on any atom is -0.350 e. The van der Waals surface area contributed by atoms with Crippen LogP contribution in [0.2, 0.25) is 0 Å². The van der Waals surface area contributed by atoms with Gasteiger partial charge < -0.3 is 10.2 Å². The van der Waals surface area contributed by atoms with E-state index in [1.165, 1.54) is 21.0 Å². The molecule has 0 radical (unpaired) electrons. The van der Waals surface area contributed by atoms with Gasteiger partial charge in [0.05, 0.1) is 10.6 Å². The lowest BCUT2D eigenvalue weighted by atomic mass is 10.1. The molecule has 1 aromatic carbocycles. The second-order valence-corrected chi connectivity index (χ2v) is 11.7. The molecule has 29 heavy (non-hydrogen) atoms. The Morgan fingerprint density at radius 3 is 2.52 bits per heavy atom. The normalized spacial score (nSPS) is 21.0. The smallest absolute Gasteiger partial charge is 0.243 e. The number of thioether (sulfide) groups is 1. The number of hydrogen-bond acceptors (Lipinski definition) is 5. The zero-order valence-electron chi connectivity index (χ0n) is 17.4. The molecule has 1 saturated heterocycles. The van der Waals surface area contributed by atoms with Crippen molar-refractivity contribution in [3.63, 3.8) is 0 Å². The Morgan fingerprint density at radius 1 is 1.24 bits per heavy atom. The van der Waals surface area contributed by atoms with Crippen LogP contribution in [0.5, 0.6) is 0 Å². The number of carbonyl (C=O) groups is 2. The summed E-state index contributed by atoms with van der Waals surface area (Å²) in [6.07, 6.45) is 1.71. The van der Waals surface area contributed by atoms with Gasteiger partial charge in [0.25, 0.3) is 0 Å². The molecule has 2 amide bonds. The van der Waals surface area contributed by atoms with Gasteiger partial charge in [0, 0.05) is 35.2 Å². The van der Waals surface area contributed by atoms with Crippen molar-refractivity contribution < 1.29 is 18.0 Å². The van der Waals surface area contributed by atoms with Crippen LogP contribution in [0.4, 0.5) is 5.69 Å². The molecule has 0 spiro atoms. The fourth-order valence-corrected chi connectivity index (χ4v) is 6.09. The van der Waals surface area contributed by atoms with Gasteiger partial charge >= 0.3 is 0 Å². The van der Waals surface area contributed by atoms with Crippen molar-refractivity contribution in [1.82, 2.24) is 9.62 Å². The molecule has 0 bridgehead atoms. The van der Waals surface area contributed by atoms with Gasteiger partial charge in [-0.3, -0.25) is 9.59 Å². The molecule has 1 unspecified atom stereocenters. The van der Waals surface area contributed by atoms with Crippen LogP contribution in [0, 0.1) is 5.92 Å². The summed E-state index contributed by atoms with van der Waals surface area (Å²) in [4.78, 5) is 28.0. The average Bonchev–Trinajstić information content (AvgIpc) is 3.14. The minimum atomic E-state index is -3.61. The first-order valence-corrected chi connectivity index (χ1v) is 12.3. The molecule has 2 heterocycles. The van der Waals surface area contributed by atoms with Crippen molar-refractivity contribution in [2.24, 2.45) is 5.92 Å². The average molecular weight is 440 g/mol. The summed E-state index contributed by atoms with van der Waals surface area (Å²) in [5.41, 5.74) is 0.0736. The third kappa shape index (κ3) is 4.95. The highest BCUT2D eigenvalue weighted by Crippen LogP contribution is 2.38. The second kappa shape index (κ2) is 8.28. The lowest BCUT2D eigenvalue weighted by Crippen LogP contribution is -2.48. The fraction of sp³-hybridized carbons (Fsp3) is 0.600. The number of fused-ring (bicyclic) bond motifs is 1. The molecule has 2 aliphatic heterocycles. The first-order chi connectivity index (χ1) is 13.5. The Hall–Kier alpha value is -1.58. The van der Waals surface area contributed by atoms with Gasteiger partial charge in [-0.15, -0.1) is 11.8 Å². The monoisotopic (exact) mass is 439 g/mol. The standard InChI is InChI=1S/C20H29N3O4S2/c1-14-13-28-17-8-7-15(29(26,27)22-9-5-6-10-22)11-16(17)23(19(14)25)12-18(24)21-20(2,3)4/h7-8,11,14H,5-6,9-10,12-13H2,1-4H3,(H,21,24). The summed E-state index contributed by atoms with van der Waals surface area (Å²) in [6.45, 7) is 8.36. The van der Waals surface area contributed by atoms with Crippen molar-refractivity contribution >= 4 is 39.3 Å². The predicted octanol–water partition coefficient (Wildman–Crippen LogP) is 2.46. The van der Waals surface area contributed by atoms with Crippen molar-refractivity contribution in [2.75, 3.05) is 30.3 Å². The topological polar surface area (TPSA) is 86.8 Å². The molecule has 0 aromatic heterocycles. The molecular formula is C20H29N3O4S2. The highest BCUT2D eigenvalue weighted by molar-refractivity contribution is 7.99. The van der Waals surface area contributed by atoms with Gasteiger partial charge in [-0.05, 0) is 51.8 Å². The molecule has 3 rings (SSSR count). The summed E-state index contributed by atoms with van der Waals surface area (Å²) >= 11 is 1.51.